The molecule has 0 unspecified atom stereocenters. The number of halogens is 1. The smallest absolute Gasteiger partial charge is 0.260 e. The summed E-state index contributed by atoms with van der Waals surface area (Å²) in [6.07, 6.45) is 0.695. The van der Waals surface area contributed by atoms with Gasteiger partial charge in [0.2, 0.25) is 0 Å². The summed E-state index contributed by atoms with van der Waals surface area (Å²) >= 11 is 5.57. The molecule has 0 spiro atoms. The Labute approximate surface area is 105 Å². The third kappa shape index (κ3) is 2.47. The SMILES string of the molecule is CCc1cc(OC)c(OC)c(C(=O)Cl)c1OC. The fourth-order valence-corrected chi connectivity index (χ4v) is 1.88. The third-order valence-electron chi connectivity index (χ3n) is 2.48. The van der Waals surface area contributed by atoms with Crippen LogP contribution in [0.3, 0.4) is 0 Å². The zero-order chi connectivity index (χ0) is 13.0. The number of benzene rings is 1. The molecule has 4 nitrogen and oxygen atoms in total. The average Bonchev–Trinajstić information content (AvgIpc) is 2.35. The van der Waals surface area contributed by atoms with E-state index < -0.39 is 5.24 Å². The normalized spacial score (nSPS) is 9.94. The molecule has 0 amide bonds. The Morgan fingerprint density at radius 2 is 1.76 bits per heavy atom. The predicted molar refractivity (Wildman–Crippen MR) is 65.7 cm³/mol. The Morgan fingerprint density at radius 1 is 1.18 bits per heavy atom. The summed E-state index contributed by atoms with van der Waals surface area (Å²) in [5.74, 6) is 1.20. The molecule has 1 aromatic carbocycles. The van der Waals surface area contributed by atoms with Crippen molar-refractivity contribution in [2.75, 3.05) is 21.3 Å². The van der Waals surface area contributed by atoms with Crippen molar-refractivity contribution in [2.45, 2.75) is 13.3 Å². The summed E-state index contributed by atoms with van der Waals surface area (Å²) in [5.41, 5.74) is 1.04. The van der Waals surface area contributed by atoms with Crippen molar-refractivity contribution in [3.05, 3.63) is 17.2 Å². The maximum Gasteiger partial charge on any atom is 0.260 e. The van der Waals surface area contributed by atoms with E-state index in [1.807, 2.05) is 6.92 Å². The van der Waals surface area contributed by atoms with Crippen LogP contribution in [0.2, 0.25) is 0 Å². The lowest BCUT2D eigenvalue weighted by Crippen LogP contribution is -2.05. The molecular weight excluding hydrogens is 244 g/mol. The molecule has 5 heteroatoms. The molecule has 0 aliphatic carbocycles. The van der Waals surface area contributed by atoms with Gasteiger partial charge in [0.1, 0.15) is 11.3 Å². The standard InChI is InChI=1S/C12H15ClO4/c1-5-7-6-8(15-2)11(17-4)9(12(13)14)10(7)16-3/h6H,5H2,1-4H3. The van der Waals surface area contributed by atoms with Crippen molar-refractivity contribution < 1.29 is 19.0 Å². The molecule has 0 radical (unpaired) electrons. The first kappa shape index (κ1) is 13.6. The van der Waals surface area contributed by atoms with Crippen molar-refractivity contribution >= 4 is 16.8 Å². The second-order valence-electron chi connectivity index (χ2n) is 3.31. The first-order chi connectivity index (χ1) is 8.10. The lowest BCUT2D eigenvalue weighted by Gasteiger charge is -2.17. The van der Waals surface area contributed by atoms with Crippen LogP contribution in [0.4, 0.5) is 0 Å². The number of carbonyl (C=O) groups is 1. The zero-order valence-electron chi connectivity index (χ0n) is 10.3. The minimum atomic E-state index is -0.632. The van der Waals surface area contributed by atoms with E-state index in [1.54, 1.807) is 6.07 Å². The molecule has 0 fully saturated rings. The number of hydrogen-bond acceptors (Lipinski definition) is 4. The van der Waals surface area contributed by atoms with Gasteiger partial charge in [0, 0.05) is 0 Å². The van der Waals surface area contributed by atoms with E-state index in [4.69, 9.17) is 25.8 Å². The summed E-state index contributed by atoms with van der Waals surface area (Å²) in [4.78, 5) is 11.5. The van der Waals surface area contributed by atoms with Gasteiger partial charge in [-0.2, -0.15) is 0 Å². The minimum absolute atomic E-state index is 0.202. The van der Waals surface area contributed by atoms with E-state index in [1.165, 1.54) is 21.3 Å². The second-order valence-corrected chi connectivity index (χ2v) is 3.65. The molecule has 0 aliphatic rings. The molecule has 0 heterocycles. The third-order valence-corrected chi connectivity index (χ3v) is 2.67. The van der Waals surface area contributed by atoms with E-state index in [0.29, 0.717) is 23.7 Å². The van der Waals surface area contributed by atoms with Gasteiger partial charge in [0.25, 0.3) is 5.24 Å². The fraction of sp³-hybridized carbons (Fsp3) is 0.417. The van der Waals surface area contributed by atoms with E-state index in [2.05, 4.69) is 0 Å². The summed E-state index contributed by atoms with van der Waals surface area (Å²) in [6, 6.07) is 1.78. The monoisotopic (exact) mass is 258 g/mol. The van der Waals surface area contributed by atoms with Crippen LogP contribution in [0.25, 0.3) is 0 Å². The van der Waals surface area contributed by atoms with Gasteiger partial charge in [0.15, 0.2) is 11.5 Å². The van der Waals surface area contributed by atoms with Gasteiger partial charge in [-0.3, -0.25) is 4.79 Å². The Morgan fingerprint density at radius 3 is 2.12 bits per heavy atom. The highest BCUT2D eigenvalue weighted by Crippen LogP contribution is 2.41. The summed E-state index contributed by atoms with van der Waals surface area (Å²) in [7, 11) is 4.45. The Kier molecular flexibility index (Phi) is 4.63. The molecule has 1 aromatic rings. The largest absolute Gasteiger partial charge is 0.496 e. The quantitative estimate of drug-likeness (QED) is 0.762. The van der Waals surface area contributed by atoms with Gasteiger partial charge >= 0.3 is 0 Å². The summed E-state index contributed by atoms with van der Waals surface area (Å²) in [5, 5.41) is -0.632. The van der Waals surface area contributed by atoms with Crippen LogP contribution in [0.5, 0.6) is 17.2 Å². The van der Waals surface area contributed by atoms with Gasteiger partial charge in [0.05, 0.1) is 21.3 Å². The van der Waals surface area contributed by atoms with Gasteiger partial charge in [-0.25, -0.2) is 0 Å². The van der Waals surface area contributed by atoms with Crippen LogP contribution in [-0.2, 0) is 6.42 Å². The molecule has 0 N–H and O–H groups in total. The van der Waals surface area contributed by atoms with Gasteiger partial charge in [-0.05, 0) is 29.7 Å². The van der Waals surface area contributed by atoms with Crippen LogP contribution in [0.15, 0.2) is 6.07 Å². The number of aryl methyl sites for hydroxylation is 1. The number of methoxy groups -OCH3 is 3. The van der Waals surface area contributed by atoms with E-state index in [9.17, 15) is 4.79 Å². The molecule has 0 saturated carbocycles. The summed E-state index contributed by atoms with van der Waals surface area (Å²) in [6.45, 7) is 1.95. The van der Waals surface area contributed by atoms with Gasteiger partial charge < -0.3 is 14.2 Å². The number of carbonyl (C=O) groups excluding carboxylic acids is 1. The van der Waals surface area contributed by atoms with Crippen LogP contribution in [0.1, 0.15) is 22.8 Å². The van der Waals surface area contributed by atoms with Crippen LogP contribution in [0, 0.1) is 0 Å². The number of ether oxygens (including phenoxy) is 3. The zero-order valence-corrected chi connectivity index (χ0v) is 11.1. The molecule has 0 aromatic heterocycles. The fourth-order valence-electron chi connectivity index (χ4n) is 1.70. The molecule has 0 atom stereocenters. The van der Waals surface area contributed by atoms with Gasteiger partial charge in [-0.1, -0.05) is 6.92 Å². The van der Waals surface area contributed by atoms with Crippen molar-refractivity contribution in [1.29, 1.82) is 0 Å². The lowest BCUT2D eigenvalue weighted by molar-refractivity contribution is 0.107. The average molecular weight is 259 g/mol. The Hall–Kier alpha value is -1.42. The highest BCUT2D eigenvalue weighted by Gasteiger charge is 2.23. The second kappa shape index (κ2) is 5.77. The van der Waals surface area contributed by atoms with Crippen molar-refractivity contribution in [2.24, 2.45) is 0 Å². The highest BCUT2D eigenvalue weighted by molar-refractivity contribution is 6.68. The molecule has 0 aliphatic heterocycles. The molecule has 0 saturated heterocycles. The molecule has 1 rings (SSSR count). The maximum absolute atomic E-state index is 11.5. The molecule has 17 heavy (non-hydrogen) atoms. The Balaban J connectivity index is 3.63. The van der Waals surface area contributed by atoms with Gasteiger partial charge in [-0.15, -0.1) is 0 Å². The minimum Gasteiger partial charge on any atom is -0.496 e. The first-order valence-electron chi connectivity index (χ1n) is 5.12. The number of hydrogen-bond donors (Lipinski definition) is 0. The number of rotatable bonds is 5. The van der Waals surface area contributed by atoms with Crippen molar-refractivity contribution in [3.63, 3.8) is 0 Å². The van der Waals surface area contributed by atoms with E-state index >= 15 is 0 Å². The Bertz CT molecular complexity index is 399. The van der Waals surface area contributed by atoms with E-state index in [0.717, 1.165) is 5.56 Å². The topological polar surface area (TPSA) is 44.8 Å². The lowest BCUT2D eigenvalue weighted by atomic mass is 10.0. The van der Waals surface area contributed by atoms with Crippen LogP contribution >= 0.6 is 11.6 Å². The van der Waals surface area contributed by atoms with Crippen molar-refractivity contribution in [3.8, 4) is 17.2 Å². The van der Waals surface area contributed by atoms with E-state index in [-0.39, 0.29) is 5.56 Å². The summed E-state index contributed by atoms with van der Waals surface area (Å²) < 4.78 is 15.6. The van der Waals surface area contributed by atoms with Crippen molar-refractivity contribution in [1.82, 2.24) is 0 Å². The highest BCUT2D eigenvalue weighted by atomic mass is 35.5. The van der Waals surface area contributed by atoms with Crippen LogP contribution < -0.4 is 14.2 Å². The maximum atomic E-state index is 11.5. The molecular formula is C12H15ClO4. The molecule has 0 bridgehead atoms. The van der Waals surface area contributed by atoms with Crippen LogP contribution in [-0.4, -0.2) is 26.6 Å². The first-order valence-corrected chi connectivity index (χ1v) is 5.50. The predicted octanol–water partition coefficient (Wildman–Crippen LogP) is 2.65. The molecule has 94 valence electrons.